The molecule has 0 heterocycles. The maximum absolute atomic E-state index is 8.20. The predicted molar refractivity (Wildman–Crippen MR) is 25.6 cm³/mol. The Bertz CT molecular complexity index is 32.9. The third-order valence-electron chi connectivity index (χ3n) is 0.547. The Balaban J connectivity index is 0. The first-order valence-electron chi connectivity index (χ1n) is 2.03. The molecule has 0 fully saturated rings. The molecule has 0 aromatic heterocycles. The van der Waals surface area contributed by atoms with Crippen molar-refractivity contribution in [3.8, 4) is 0 Å². The molecule has 0 unspecified atom stereocenters. The van der Waals surface area contributed by atoms with Crippen LogP contribution in [0.5, 0.6) is 0 Å². The van der Waals surface area contributed by atoms with Crippen LogP contribution < -0.4 is 0 Å². The van der Waals surface area contributed by atoms with Crippen LogP contribution in [0.2, 0.25) is 0 Å². The number of nitrogens with zero attached hydrogens (tertiary/aromatic N) is 1. The van der Waals surface area contributed by atoms with Crippen LogP contribution >= 0.6 is 0 Å². The molecule has 0 aliphatic carbocycles. The Morgan fingerprint density at radius 2 is 1.86 bits per heavy atom. The van der Waals surface area contributed by atoms with Gasteiger partial charge in [-0.3, -0.25) is 0 Å². The average Bonchev–Trinajstić information content (AvgIpc) is 1.35. The van der Waals surface area contributed by atoms with Crippen molar-refractivity contribution in [3.05, 3.63) is 0 Å². The van der Waals surface area contributed by atoms with E-state index in [-0.39, 0.29) is 39.3 Å². The van der Waals surface area contributed by atoms with Crippen LogP contribution in [-0.4, -0.2) is 37.3 Å². The molecule has 0 rings (SSSR count). The van der Waals surface area contributed by atoms with Gasteiger partial charge in [0.25, 0.3) is 0 Å². The van der Waals surface area contributed by atoms with Crippen LogP contribution in [-0.2, 0) is 32.7 Å². The van der Waals surface area contributed by atoms with Crippen molar-refractivity contribution in [2.45, 2.75) is 0 Å². The summed E-state index contributed by atoms with van der Waals surface area (Å²) in [4.78, 5) is 1.93. The van der Waals surface area contributed by atoms with E-state index in [0.717, 1.165) is 6.54 Å². The van der Waals surface area contributed by atoms with Crippen LogP contribution in [0.3, 0.4) is 0 Å². The molecular formula is C4H11NOY. The Kier molecular flexibility index (Phi) is 10.9. The number of rotatable bonds is 2. The molecule has 1 radical (unpaired) electrons. The number of hydrogen-bond donors (Lipinski definition) is 1. The third-order valence-corrected chi connectivity index (χ3v) is 0.547. The van der Waals surface area contributed by atoms with E-state index in [9.17, 15) is 0 Å². The summed E-state index contributed by atoms with van der Waals surface area (Å²) in [6, 6.07) is 0. The van der Waals surface area contributed by atoms with Crippen LogP contribution in [0, 0.1) is 0 Å². The molecule has 0 saturated heterocycles. The van der Waals surface area contributed by atoms with E-state index in [4.69, 9.17) is 5.11 Å². The van der Waals surface area contributed by atoms with Gasteiger partial charge in [0.2, 0.25) is 0 Å². The standard InChI is InChI=1S/C4H11NO.Y/c1-5(2)3-4-6;/h6H,3-4H2,1-2H3;. The third kappa shape index (κ3) is 10.9. The largest absolute Gasteiger partial charge is 0.395 e. The average molecular weight is 178 g/mol. The summed E-state index contributed by atoms with van der Waals surface area (Å²) in [7, 11) is 3.85. The van der Waals surface area contributed by atoms with E-state index < -0.39 is 0 Å². The van der Waals surface area contributed by atoms with Gasteiger partial charge in [0, 0.05) is 39.3 Å². The topological polar surface area (TPSA) is 23.5 Å². The minimum atomic E-state index is 0. The fourth-order valence-electron chi connectivity index (χ4n) is 0.200. The summed E-state index contributed by atoms with van der Waals surface area (Å²) in [5.74, 6) is 0. The summed E-state index contributed by atoms with van der Waals surface area (Å²) in [6.45, 7) is 1.02. The Morgan fingerprint density at radius 1 is 1.43 bits per heavy atom. The Labute approximate surface area is 69.8 Å². The molecule has 0 aromatic rings. The zero-order valence-electron chi connectivity index (χ0n) is 4.89. The first-order valence-corrected chi connectivity index (χ1v) is 2.03. The van der Waals surface area contributed by atoms with Crippen LogP contribution in [0.25, 0.3) is 0 Å². The smallest absolute Gasteiger partial charge is 0.0558 e. The van der Waals surface area contributed by atoms with Crippen molar-refractivity contribution in [2.24, 2.45) is 0 Å². The van der Waals surface area contributed by atoms with E-state index in [1.807, 2.05) is 19.0 Å². The molecule has 0 aliphatic rings. The van der Waals surface area contributed by atoms with E-state index in [1.54, 1.807) is 0 Å². The van der Waals surface area contributed by atoms with Crippen molar-refractivity contribution in [3.63, 3.8) is 0 Å². The SMILES string of the molecule is CN(C)CCO.[Y]. The molecule has 3 heteroatoms. The van der Waals surface area contributed by atoms with Crippen LogP contribution in [0.4, 0.5) is 0 Å². The van der Waals surface area contributed by atoms with E-state index >= 15 is 0 Å². The maximum Gasteiger partial charge on any atom is 0.0558 e. The van der Waals surface area contributed by atoms with Crippen LogP contribution in [0.15, 0.2) is 0 Å². The second-order valence-corrected chi connectivity index (χ2v) is 1.53. The number of likely N-dealkylation sites (N-methyl/N-ethyl adjacent to an activating group) is 1. The number of aliphatic hydroxyl groups is 1. The summed E-state index contributed by atoms with van der Waals surface area (Å²) in [5.41, 5.74) is 0. The maximum atomic E-state index is 8.20. The molecule has 0 aliphatic heterocycles. The fraction of sp³-hybridized carbons (Fsp3) is 1.00. The minimum Gasteiger partial charge on any atom is -0.395 e. The van der Waals surface area contributed by atoms with Gasteiger partial charge < -0.3 is 10.0 Å². The van der Waals surface area contributed by atoms with Crippen molar-refractivity contribution >= 4 is 0 Å². The van der Waals surface area contributed by atoms with Crippen molar-refractivity contribution in [1.82, 2.24) is 4.90 Å². The van der Waals surface area contributed by atoms with Crippen molar-refractivity contribution in [2.75, 3.05) is 27.2 Å². The first-order chi connectivity index (χ1) is 2.77. The molecular weight excluding hydrogens is 167 g/mol. The van der Waals surface area contributed by atoms with Gasteiger partial charge in [-0.1, -0.05) is 0 Å². The van der Waals surface area contributed by atoms with Gasteiger partial charge in [-0.2, -0.15) is 0 Å². The molecule has 0 atom stereocenters. The molecule has 7 heavy (non-hydrogen) atoms. The molecule has 0 amide bonds. The van der Waals surface area contributed by atoms with Crippen molar-refractivity contribution in [1.29, 1.82) is 0 Å². The summed E-state index contributed by atoms with van der Waals surface area (Å²) < 4.78 is 0. The minimum absolute atomic E-state index is 0. The molecule has 0 aromatic carbocycles. The predicted octanol–water partition coefficient (Wildman–Crippen LogP) is -0.462. The summed E-state index contributed by atoms with van der Waals surface area (Å²) in [5, 5.41) is 8.20. The molecule has 2 nitrogen and oxygen atoms in total. The molecule has 0 bridgehead atoms. The Hall–Kier alpha value is 1.02. The molecule has 0 spiro atoms. The molecule has 1 N–H and O–H groups in total. The quantitative estimate of drug-likeness (QED) is 0.618. The van der Waals surface area contributed by atoms with Gasteiger partial charge in [0.15, 0.2) is 0 Å². The van der Waals surface area contributed by atoms with Gasteiger partial charge in [0.1, 0.15) is 0 Å². The zero-order chi connectivity index (χ0) is 4.99. The summed E-state index contributed by atoms with van der Waals surface area (Å²) >= 11 is 0. The van der Waals surface area contributed by atoms with Crippen molar-refractivity contribution < 1.29 is 37.8 Å². The fourth-order valence-corrected chi connectivity index (χ4v) is 0.200. The van der Waals surface area contributed by atoms with Gasteiger partial charge in [-0.25, -0.2) is 0 Å². The van der Waals surface area contributed by atoms with Crippen LogP contribution in [0.1, 0.15) is 0 Å². The van der Waals surface area contributed by atoms with E-state index in [0.29, 0.717) is 0 Å². The second-order valence-electron chi connectivity index (χ2n) is 1.53. The summed E-state index contributed by atoms with van der Waals surface area (Å²) in [6.07, 6.45) is 0. The number of hydrogen-bond acceptors (Lipinski definition) is 2. The monoisotopic (exact) mass is 178 g/mol. The molecule has 41 valence electrons. The van der Waals surface area contributed by atoms with Gasteiger partial charge >= 0.3 is 0 Å². The normalized spacial score (nSPS) is 8.57. The van der Waals surface area contributed by atoms with Gasteiger partial charge in [-0.05, 0) is 14.1 Å². The van der Waals surface area contributed by atoms with E-state index in [1.165, 1.54) is 0 Å². The number of aliphatic hydroxyl groups excluding tert-OH is 1. The van der Waals surface area contributed by atoms with E-state index in [2.05, 4.69) is 0 Å². The Morgan fingerprint density at radius 3 is 1.86 bits per heavy atom. The first kappa shape index (κ1) is 10.9. The molecule has 0 saturated carbocycles. The second kappa shape index (κ2) is 7.02. The van der Waals surface area contributed by atoms with Gasteiger partial charge in [0.05, 0.1) is 6.61 Å². The zero-order valence-corrected chi connectivity index (χ0v) is 7.72. The van der Waals surface area contributed by atoms with Gasteiger partial charge in [-0.15, -0.1) is 0 Å².